The minimum atomic E-state index is -0.681. The van der Waals surface area contributed by atoms with Crippen LogP contribution in [0.4, 0.5) is 0 Å². The van der Waals surface area contributed by atoms with Crippen molar-refractivity contribution < 1.29 is 14.0 Å². The lowest BCUT2D eigenvalue weighted by Gasteiger charge is -2.11. The van der Waals surface area contributed by atoms with Gasteiger partial charge in [-0.1, -0.05) is 13.8 Å². The van der Waals surface area contributed by atoms with Crippen LogP contribution in [0.15, 0.2) is 0 Å². The van der Waals surface area contributed by atoms with Gasteiger partial charge in [0.05, 0.1) is 6.07 Å². The van der Waals surface area contributed by atoms with Crippen LogP contribution in [0.3, 0.4) is 0 Å². The van der Waals surface area contributed by atoms with E-state index in [2.05, 4.69) is 0 Å². The summed E-state index contributed by atoms with van der Waals surface area (Å²) in [5.74, 6) is 0. The van der Waals surface area contributed by atoms with Gasteiger partial charge >= 0.3 is 7.32 Å². The highest BCUT2D eigenvalue weighted by molar-refractivity contribution is 6.36. The first kappa shape index (κ1) is 12.4. The second-order valence-electron chi connectivity index (χ2n) is 2.50. The van der Waals surface area contributed by atoms with Gasteiger partial charge in [-0.05, 0) is 12.8 Å². The lowest BCUT2D eigenvalue weighted by Crippen LogP contribution is -2.28. The molecule has 0 bridgehead atoms. The first-order chi connectivity index (χ1) is 6.35. The van der Waals surface area contributed by atoms with E-state index in [1.54, 1.807) is 0 Å². The first-order valence-corrected chi connectivity index (χ1v) is 4.56. The van der Waals surface area contributed by atoms with Crippen LogP contribution in [0.5, 0.6) is 0 Å². The summed E-state index contributed by atoms with van der Waals surface area (Å²) in [5.41, 5.74) is 0. The van der Waals surface area contributed by atoms with Crippen molar-refractivity contribution in [3.8, 4) is 6.07 Å². The van der Waals surface area contributed by atoms with E-state index in [0.29, 0.717) is 13.2 Å². The fourth-order valence-corrected chi connectivity index (χ4v) is 0.678. The standard InChI is InChI=1S/C8H16BNO3/c1-3-6-11-9(12-7-4-2)13-8-5-10/h3-4,6-8H2,1-2H3. The summed E-state index contributed by atoms with van der Waals surface area (Å²) in [6.45, 7) is 5.17. The average molecular weight is 185 g/mol. The third-order valence-corrected chi connectivity index (χ3v) is 1.20. The molecular weight excluding hydrogens is 169 g/mol. The van der Waals surface area contributed by atoms with Gasteiger partial charge in [-0.3, -0.25) is 0 Å². The molecule has 0 saturated heterocycles. The molecular formula is C8H16BNO3. The molecule has 0 aliphatic carbocycles. The summed E-state index contributed by atoms with van der Waals surface area (Å²) in [5, 5.41) is 8.28. The zero-order valence-corrected chi connectivity index (χ0v) is 8.28. The summed E-state index contributed by atoms with van der Waals surface area (Å²) in [6, 6.07) is 1.87. The van der Waals surface area contributed by atoms with Gasteiger partial charge in [0.2, 0.25) is 0 Å². The van der Waals surface area contributed by atoms with Crippen LogP contribution in [0.1, 0.15) is 26.7 Å². The quantitative estimate of drug-likeness (QED) is 0.535. The van der Waals surface area contributed by atoms with E-state index in [1.165, 1.54) is 0 Å². The molecule has 0 radical (unpaired) electrons. The van der Waals surface area contributed by atoms with Crippen molar-refractivity contribution in [2.45, 2.75) is 26.7 Å². The third kappa shape index (κ3) is 7.78. The number of hydrogen-bond donors (Lipinski definition) is 0. The third-order valence-electron chi connectivity index (χ3n) is 1.20. The lowest BCUT2D eigenvalue weighted by atomic mass is 10.2. The molecule has 74 valence electrons. The van der Waals surface area contributed by atoms with E-state index in [9.17, 15) is 0 Å². The summed E-state index contributed by atoms with van der Waals surface area (Å²) in [6.07, 6.45) is 1.81. The molecule has 0 rings (SSSR count). The van der Waals surface area contributed by atoms with Crippen molar-refractivity contribution in [3.63, 3.8) is 0 Å². The first-order valence-electron chi connectivity index (χ1n) is 4.56. The Morgan fingerprint density at radius 2 is 1.62 bits per heavy atom. The maximum Gasteiger partial charge on any atom is 0.640 e. The Morgan fingerprint density at radius 3 is 2.00 bits per heavy atom. The Bertz CT molecular complexity index is 141. The van der Waals surface area contributed by atoms with Crippen LogP contribution in [-0.2, 0) is 14.0 Å². The van der Waals surface area contributed by atoms with Crippen molar-refractivity contribution in [2.24, 2.45) is 0 Å². The monoisotopic (exact) mass is 185 g/mol. The number of nitriles is 1. The molecule has 0 unspecified atom stereocenters. The number of rotatable bonds is 8. The predicted molar refractivity (Wildman–Crippen MR) is 49.8 cm³/mol. The van der Waals surface area contributed by atoms with E-state index >= 15 is 0 Å². The Hall–Kier alpha value is -0.565. The number of hydrogen-bond acceptors (Lipinski definition) is 4. The van der Waals surface area contributed by atoms with Crippen LogP contribution in [0.2, 0.25) is 0 Å². The summed E-state index contributed by atoms with van der Waals surface area (Å²) in [7, 11) is -0.681. The van der Waals surface area contributed by atoms with Crippen molar-refractivity contribution in [1.82, 2.24) is 0 Å². The molecule has 5 heteroatoms. The number of nitrogens with zero attached hydrogens (tertiary/aromatic N) is 1. The lowest BCUT2D eigenvalue weighted by molar-refractivity contribution is 0.103. The van der Waals surface area contributed by atoms with Gasteiger partial charge in [-0.25, -0.2) is 0 Å². The van der Waals surface area contributed by atoms with Gasteiger partial charge < -0.3 is 14.0 Å². The maximum atomic E-state index is 8.28. The van der Waals surface area contributed by atoms with Gasteiger partial charge in [0.15, 0.2) is 0 Å². The molecule has 0 aliphatic heterocycles. The fourth-order valence-electron chi connectivity index (χ4n) is 0.678. The predicted octanol–water partition coefficient (Wildman–Crippen LogP) is 1.36. The van der Waals surface area contributed by atoms with Gasteiger partial charge in [-0.2, -0.15) is 5.26 Å². The summed E-state index contributed by atoms with van der Waals surface area (Å²) >= 11 is 0. The van der Waals surface area contributed by atoms with Crippen molar-refractivity contribution >= 4 is 7.32 Å². The Kier molecular flexibility index (Phi) is 9.11. The highest BCUT2D eigenvalue weighted by atomic mass is 16.7. The molecule has 0 saturated carbocycles. The van der Waals surface area contributed by atoms with E-state index in [0.717, 1.165) is 12.8 Å². The van der Waals surface area contributed by atoms with Crippen molar-refractivity contribution in [1.29, 1.82) is 5.26 Å². The molecule has 0 N–H and O–H groups in total. The highest BCUT2D eigenvalue weighted by Gasteiger charge is 2.19. The molecule has 0 fully saturated rings. The fraction of sp³-hybridized carbons (Fsp3) is 0.875. The van der Waals surface area contributed by atoms with Crippen LogP contribution in [0.25, 0.3) is 0 Å². The SMILES string of the molecule is CCCOB(OCC#N)OCCC. The van der Waals surface area contributed by atoms with E-state index < -0.39 is 7.32 Å². The van der Waals surface area contributed by atoms with Crippen LogP contribution in [0, 0.1) is 11.3 Å². The molecule has 0 aliphatic rings. The maximum absolute atomic E-state index is 8.28. The minimum absolute atomic E-state index is 0.00189. The molecule has 0 amide bonds. The van der Waals surface area contributed by atoms with Crippen LogP contribution in [-0.4, -0.2) is 27.1 Å². The molecule has 0 aromatic carbocycles. The highest BCUT2D eigenvalue weighted by Crippen LogP contribution is 1.95. The molecule has 0 aromatic heterocycles. The van der Waals surface area contributed by atoms with E-state index in [4.69, 9.17) is 19.2 Å². The molecule has 0 heterocycles. The summed E-state index contributed by atoms with van der Waals surface area (Å²) < 4.78 is 15.4. The topological polar surface area (TPSA) is 51.5 Å². The van der Waals surface area contributed by atoms with Gasteiger partial charge in [0.1, 0.15) is 6.61 Å². The van der Waals surface area contributed by atoms with E-state index in [1.807, 2.05) is 19.9 Å². The molecule has 0 atom stereocenters. The zero-order chi connectivity index (χ0) is 9.94. The van der Waals surface area contributed by atoms with Gasteiger partial charge in [0.25, 0.3) is 0 Å². The Morgan fingerprint density at radius 1 is 1.08 bits per heavy atom. The smallest absolute Gasteiger partial charge is 0.386 e. The molecule has 4 nitrogen and oxygen atoms in total. The molecule has 0 aromatic rings. The minimum Gasteiger partial charge on any atom is -0.386 e. The molecule has 13 heavy (non-hydrogen) atoms. The largest absolute Gasteiger partial charge is 0.640 e. The second kappa shape index (κ2) is 9.52. The van der Waals surface area contributed by atoms with Crippen LogP contribution < -0.4 is 0 Å². The van der Waals surface area contributed by atoms with E-state index in [-0.39, 0.29) is 6.61 Å². The normalized spacial score (nSPS) is 9.62. The summed E-state index contributed by atoms with van der Waals surface area (Å²) in [4.78, 5) is 0. The van der Waals surface area contributed by atoms with Crippen molar-refractivity contribution in [3.05, 3.63) is 0 Å². The van der Waals surface area contributed by atoms with Gasteiger partial charge in [0, 0.05) is 13.2 Å². The van der Waals surface area contributed by atoms with Crippen LogP contribution >= 0.6 is 0 Å². The van der Waals surface area contributed by atoms with Gasteiger partial charge in [-0.15, -0.1) is 0 Å². The van der Waals surface area contributed by atoms with Crippen molar-refractivity contribution in [2.75, 3.05) is 19.8 Å². The zero-order valence-electron chi connectivity index (χ0n) is 8.28. The Labute approximate surface area is 80.0 Å². The molecule has 0 spiro atoms. The second-order valence-corrected chi connectivity index (χ2v) is 2.50. The Balaban J connectivity index is 3.54. The average Bonchev–Trinajstić information content (AvgIpc) is 2.17.